The normalized spacial score (nSPS) is 11.0. The van der Waals surface area contributed by atoms with Gasteiger partial charge in [0.15, 0.2) is 5.78 Å². The molecule has 23 heavy (non-hydrogen) atoms. The van der Waals surface area contributed by atoms with Crippen LogP contribution in [0, 0.1) is 0 Å². The highest BCUT2D eigenvalue weighted by atomic mass is 16.5. The minimum Gasteiger partial charge on any atom is -0.507 e. The van der Waals surface area contributed by atoms with Crippen molar-refractivity contribution in [3.8, 4) is 11.5 Å². The molecule has 0 atom stereocenters. The third-order valence-corrected chi connectivity index (χ3v) is 3.56. The molecule has 2 aromatic carbocycles. The first kappa shape index (κ1) is 14.8. The Morgan fingerprint density at radius 3 is 2.83 bits per heavy atom. The Morgan fingerprint density at radius 2 is 2.00 bits per heavy atom. The van der Waals surface area contributed by atoms with Crippen LogP contribution in [0.1, 0.15) is 15.9 Å². The molecule has 3 aromatic rings. The standard InChI is InChI=1S/C19H15NO3/c1-23-16-5-7-19(22)17(11-16)18(21)6-3-13-2-4-15-12-20-9-8-14(15)10-13/h2-12,22H,1H3/b6-3+. The van der Waals surface area contributed by atoms with E-state index in [2.05, 4.69) is 4.98 Å². The molecule has 0 aliphatic carbocycles. The highest BCUT2D eigenvalue weighted by molar-refractivity contribution is 6.09. The number of ether oxygens (including phenoxy) is 1. The maximum atomic E-state index is 12.3. The van der Waals surface area contributed by atoms with Crippen molar-refractivity contribution in [2.24, 2.45) is 0 Å². The first-order chi connectivity index (χ1) is 11.2. The van der Waals surface area contributed by atoms with Crippen molar-refractivity contribution in [2.45, 2.75) is 0 Å². The number of ketones is 1. The lowest BCUT2D eigenvalue weighted by Crippen LogP contribution is -1.96. The zero-order chi connectivity index (χ0) is 16.2. The average Bonchev–Trinajstić information content (AvgIpc) is 2.60. The number of phenolic OH excluding ortho intramolecular Hbond substituents is 1. The number of allylic oxidation sites excluding steroid dienone is 1. The van der Waals surface area contributed by atoms with E-state index in [4.69, 9.17) is 4.74 Å². The van der Waals surface area contributed by atoms with Crippen LogP contribution >= 0.6 is 0 Å². The van der Waals surface area contributed by atoms with Crippen LogP contribution in [0.2, 0.25) is 0 Å². The Hall–Kier alpha value is -3.14. The number of aromatic hydroxyl groups is 1. The molecule has 1 N–H and O–H groups in total. The fraction of sp³-hybridized carbons (Fsp3) is 0.0526. The zero-order valence-electron chi connectivity index (χ0n) is 12.6. The summed E-state index contributed by atoms with van der Waals surface area (Å²) >= 11 is 0. The zero-order valence-corrected chi connectivity index (χ0v) is 12.6. The molecule has 0 radical (unpaired) electrons. The number of phenols is 1. The van der Waals surface area contributed by atoms with Gasteiger partial charge in [0.1, 0.15) is 11.5 Å². The number of carbonyl (C=O) groups excluding carboxylic acids is 1. The number of methoxy groups -OCH3 is 1. The van der Waals surface area contributed by atoms with Crippen molar-refractivity contribution < 1.29 is 14.6 Å². The molecule has 114 valence electrons. The van der Waals surface area contributed by atoms with Crippen molar-refractivity contribution in [2.75, 3.05) is 7.11 Å². The lowest BCUT2D eigenvalue weighted by molar-refractivity contribution is 0.104. The number of benzene rings is 2. The summed E-state index contributed by atoms with van der Waals surface area (Å²) in [6.07, 6.45) is 6.69. The minimum absolute atomic E-state index is 0.0648. The topological polar surface area (TPSA) is 59.4 Å². The highest BCUT2D eigenvalue weighted by Crippen LogP contribution is 2.24. The number of rotatable bonds is 4. The van der Waals surface area contributed by atoms with E-state index in [9.17, 15) is 9.90 Å². The van der Waals surface area contributed by atoms with Crippen molar-refractivity contribution in [3.05, 3.63) is 72.1 Å². The predicted octanol–water partition coefficient (Wildman–Crippen LogP) is 3.85. The van der Waals surface area contributed by atoms with Gasteiger partial charge in [-0.1, -0.05) is 18.2 Å². The highest BCUT2D eigenvalue weighted by Gasteiger charge is 2.09. The smallest absolute Gasteiger partial charge is 0.189 e. The maximum absolute atomic E-state index is 12.3. The molecule has 0 bridgehead atoms. The van der Waals surface area contributed by atoms with Crippen LogP contribution in [0.5, 0.6) is 11.5 Å². The number of carbonyl (C=O) groups is 1. The first-order valence-corrected chi connectivity index (χ1v) is 7.10. The first-order valence-electron chi connectivity index (χ1n) is 7.10. The van der Waals surface area contributed by atoms with Gasteiger partial charge in [0, 0.05) is 17.8 Å². The summed E-state index contributed by atoms with van der Waals surface area (Å²) in [6.45, 7) is 0. The average molecular weight is 305 g/mol. The van der Waals surface area contributed by atoms with E-state index < -0.39 is 0 Å². The third kappa shape index (κ3) is 3.21. The van der Waals surface area contributed by atoms with E-state index in [1.807, 2.05) is 24.3 Å². The third-order valence-electron chi connectivity index (χ3n) is 3.56. The molecule has 0 fully saturated rings. The van der Waals surface area contributed by atoms with Crippen molar-refractivity contribution in [1.82, 2.24) is 4.98 Å². The molecule has 0 amide bonds. The van der Waals surface area contributed by atoms with E-state index >= 15 is 0 Å². The van der Waals surface area contributed by atoms with Gasteiger partial charge in [-0.05, 0) is 47.4 Å². The van der Waals surface area contributed by atoms with Crippen molar-refractivity contribution in [1.29, 1.82) is 0 Å². The van der Waals surface area contributed by atoms with Crippen LogP contribution in [-0.2, 0) is 0 Å². The minimum atomic E-state index is -0.281. The predicted molar refractivity (Wildman–Crippen MR) is 89.8 cm³/mol. The number of fused-ring (bicyclic) bond motifs is 1. The van der Waals surface area contributed by atoms with Gasteiger partial charge in [-0.25, -0.2) is 0 Å². The lowest BCUT2D eigenvalue weighted by Gasteiger charge is -2.04. The molecule has 1 aromatic heterocycles. The molecule has 0 saturated carbocycles. The summed E-state index contributed by atoms with van der Waals surface area (Å²) in [7, 11) is 1.51. The van der Waals surface area contributed by atoms with Gasteiger partial charge in [-0.2, -0.15) is 0 Å². The van der Waals surface area contributed by atoms with Crippen LogP contribution in [-0.4, -0.2) is 23.0 Å². The molecule has 0 saturated heterocycles. The summed E-state index contributed by atoms with van der Waals surface area (Å²) in [5.74, 6) is 0.180. The summed E-state index contributed by atoms with van der Waals surface area (Å²) in [4.78, 5) is 16.3. The van der Waals surface area contributed by atoms with Gasteiger partial charge in [-0.15, -0.1) is 0 Å². The Balaban J connectivity index is 1.87. The van der Waals surface area contributed by atoms with E-state index in [1.54, 1.807) is 24.5 Å². The van der Waals surface area contributed by atoms with Gasteiger partial charge in [0.25, 0.3) is 0 Å². The second-order valence-corrected chi connectivity index (χ2v) is 5.06. The van der Waals surface area contributed by atoms with Crippen molar-refractivity contribution >= 4 is 22.6 Å². The largest absolute Gasteiger partial charge is 0.507 e. The second-order valence-electron chi connectivity index (χ2n) is 5.06. The Labute approximate surface area is 133 Å². The molecule has 0 unspecified atom stereocenters. The van der Waals surface area contributed by atoms with E-state index in [-0.39, 0.29) is 17.1 Å². The quantitative estimate of drug-likeness (QED) is 0.587. The van der Waals surface area contributed by atoms with E-state index in [0.717, 1.165) is 16.3 Å². The van der Waals surface area contributed by atoms with Gasteiger partial charge >= 0.3 is 0 Å². The van der Waals surface area contributed by atoms with Crippen molar-refractivity contribution in [3.63, 3.8) is 0 Å². The van der Waals surface area contributed by atoms with Gasteiger partial charge in [0.05, 0.1) is 12.7 Å². The molecule has 1 heterocycles. The summed E-state index contributed by atoms with van der Waals surface area (Å²) in [5.41, 5.74) is 1.12. The molecule has 4 nitrogen and oxygen atoms in total. The van der Waals surface area contributed by atoms with E-state index in [0.29, 0.717) is 5.75 Å². The fourth-order valence-electron chi connectivity index (χ4n) is 2.31. The lowest BCUT2D eigenvalue weighted by atomic mass is 10.1. The van der Waals surface area contributed by atoms with Crippen LogP contribution in [0.3, 0.4) is 0 Å². The molecule has 4 heteroatoms. The molecule has 0 spiro atoms. The number of aromatic nitrogens is 1. The van der Waals surface area contributed by atoms with Gasteiger partial charge < -0.3 is 9.84 Å². The number of hydrogen-bond donors (Lipinski definition) is 1. The van der Waals surface area contributed by atoms with E-state index in [1.165, 1.54) is 25.3 Å². The van der Waals surface area contributed by atoms with Crippen LogP contribution in [0.25, 0.3) is 16.8 Å². The van der Waals surface area contributed by atoms with Crippen LogP contribution < -0.4 is 4.74 Å². The Bertz CT molecular complexity index is 900. The summed E-state index contributed by atoms with van der Waals surface area (Å²) < 4.78 is 5.08. The molecule has 3 rings (SSSR count). The maximum Gasteiger partial charge on any atom is 0.189 e. The van der Waals surface area contributed by atoms with Crippen LogP contribution in [0.15, 0.2) is 60.9 Å². The SMILES string of the molecule is COc1ccc(O)c(C(=O)/C=C/c2ccc3cnccc3c2)c1. The molecular formula is C19H15NO3. The molecular weight excluding hydrogens is 290 g/mol. The van der Waals surface area contributed by atoms with Crippen LogP contribution in [0.4, 0.5) is 0 Å². The monoisotopic (exact) mass is 305 g/mol. The summed E-state index contributed by atoms with van der Waals surface area (Å²) in [6, 6.07) is 12.3. The second kappa shape index (κ2) is 6.32. The summed E-state index contributed by atoms with van der Waals surface area (Å²) in [5, 5.41) is 11.9. The Morgan fingerprint density at radius 1 is 1.13 bits per heavy atom. The van der Waals surface area contributed by atoms with Gasteiger partial charge in [-0.3, -0.25) is 9.78 Å². The molecule has 0 aliphatic rings. The molecule has 0 aliphatic heterocycles. The number of pyridine rings is 1. The fourth-order valence-corrected chi connectivity index (χ4v) is 2.31. The van der Waals surface area contributed by atoms with Gasteiger partial charge in [0.2, 0.25) is 0 Å². The Kier molecular flexibility index (Phi) is 4.06. The number of nitrogens with zero attached hydrogens (tertiary/aromatic N) is 1. The number of hydrogen-bond acceptors (Lipinski definition) is 4.